The second-order valence-electron chi connectivity index (χ2n) is 2.85. The van der Waals surface area contributed by atoms with Crippen molar-refractivity contribution in [1.29, 1.82) is 0 Å². The number of alkyl halides is 1. The smallest absolute Gasteiger partial charge is 0.154 e. The maximum atomic E-state index is 13.8. The van der Waals surface area contributed by atoms with Gasteiger partial charge in [0.1, 0.15) is 0 Å². The molecule has 14 heavy (non-hydrogen) atoms. The highest BCUT2D eigenvalue weighted by molar-refractivity contribution is 9.08. The molecule has 0 nitrogen and oxygen atoms in total. The summed E-state index contributed by atoms with van der Waals surface area (Å²) in [5.74, 6) is -0.0767. The summed E-state index contributed by atoms with van der Waals surface area (Å²) in [5, 5.41) is 3.82. The van der Waals surface area contributed by atoms with E-state index in [0.717, 1.165) is 25.9 Å². The molecule has 0 aliphatic rings. The Morgan fingerprint density at radius 1 is 1.50 bits per heavy atom. The van der Waals surface area contributed by atoms with E-state index in [1.165, 1.54) is 23.1 Å². The van der Waals surface area contributed by atoms with Gasteiger partial charge in [0, 0.05) is 10.2 Å². The van der Waals surface area contributed by atoms with Crippen molar-refractivity contribution in [2.24, 2.45) is 0 Å². The highest BCUT2D eigenvalue weighted by Crippen LogP contribution is 2.34. The summed E-state index contributed by atoms with van der Waals surface area (Å²) in [4.78, 5) is 0.723. The van der Waals surface area contributed by atoms with Gasteiger partial charge in [0.15, 0.2) is 5.82 Å². The van der Waals surface area contributed by atoms with Crippen LogP contribution in [0.2, 0.25) is 0 Å². The molecular formula is C10H8BrFS2. The summed E-state index contributed by atoms with van der Waals surface area (Å²) < 4.78 is 14.6. The van der Waals surface area contributed by atoms with Gasteiger partial charge >= 0.3 is 0 Å². The Hall–Kier alpha value is -0.0600. The first-order chi connectivity index (χ1) is 6.77. The molecule has 0 fully saturated rings. The molecule has 0 spiro atoms. The van der Waals surface area contributed by atoms with E-state index in [1.54, 1.807) is 0 Å². The molecule has 0 N–H and O–H groups in total. The summed E-state index contributed by atoms with van der Waals surface area (Å²) in [7, 11) is 0. The molecule has 74 valence electrons. The van der Waals surface area contributed by atoms with E-state index in [1.807, 2.05) is 23.8 Å². The van der Waals surface area contributed by atoms with E-state index < -0.39 is 0 Å². The molecule has 0 saturated carbocycles. The van der Waals surface area contributed by atoms with Crippen molar-refractivity contribution >= 4 is 49.1 Å². The molecule has 0 radical (unpaired) electrons. The van der Waals surface area contributed by atoms with Gasteiger partial charge in [0.2, 0.25) is 0 Å². The summed E-state index contributed by atoms with van der Waals surface area (Å²) in [6.07, 6.45) is 1.89. The Bertz CT molecular complexity index is 464. The van der Waals surface area contributed by atoms with Crippen molar-refractivity contribution < 1.29 is 4.39 Å². The predicted molar refractivity (Wildman–Crippen MR) is 66.2 cm³/mol. The van der Waals surface area contributed by atoms with Gasteiger partial charge in [-0.2, -0.15) is 0 Å². The van der Waals surface area contributed by atoms with E-state index in [-0.39, 0.29) is 5.82 Å². The number of hydrogen-bond donors (Lipinski definition) is 0. The second-order valence-corrected chi connectivity index (χ2v) is 5.14. The molecule has 1 heterocycles. The molecule has 0 unspecified atom stereocenters. The van der Waals surface area contributed by atoms with E-state index in [9.17, 15) is 4.39 Å². The van der Waals surface area contributed by atoms with Crippen LogP contribution in [0.15, 0.2) is 22.4 Å². The fourth-order valence-corrected chi connectivity index (χ4v) is 3.60. The summed E-state index contributed by atoms with van der Waals surface area (Å²) in [6, 6.07) is 3.85. The van der Waals surface area contributed by atoms with Gasteiger partial charge < -0.3 is 0 Å². The SMILES string of the molecule is CSc1ccc2c(CBr)csc2c1F. The van der Waals surface area contributed by atoms with Crippen LogP contribution in [0.25, 0.3) is 10.1 Å². The number of hydrogen-bond acceptors (Lipinski definition) is 2. The van der Waals surface area contributed by atoms with Crippen LogP contribution in [0.3, 0.4) is 0 Å². The van der Waals surface area contributed by atoms with Crippen LogP contribution in [-0.4, -0.2) is 6.26 Å². The molecular weight excluding hydrogens is 283 g/mol. The molecule has 1 aromatic heterocycles. The molecule has 0 aliphatic carbocycles. The van der Waals surface area contributed by atoms with E-state index >= 15 is 0 Å². The largest absolute Gasteiger partial charge is 0.204 e. The van der Waals surface area contributed by atoms with Gasteiger partial charge in [-0.25, -0.2) is 4.39 Å². The summed E-state index contributed by atoms with van der Waals surface area (Å²) >= 11 is 6.32. The van der Waals surface area contributed by atoms with Crippen molar-refractivity contribution in [3.8, 4) is 0 Å². The Kier molecular flexibility index (Phi) is 3.14. The third-order valence-electron chi connectivity index (χ3n) is 2.09. The minimum Gasteiger partial charge on any atom is -0.204 e. The Labute approximate surface area is 98.6 Å². The second kappa shape index (κ2) is 4.21. The highest BCUT2D eigenvalue weighted by atomic mass is 79.9. The van der Waals surface area contributed by atoms with Crippen LogP contribution in [0.4, 0.5) is 4.39 Å². The third-order valence-corrected chi connectivity index (χ3v) is 4.49. The zero-order chi connectivity index (χ0) is 10.1. The van der Waals surface area contributed by atoms with Crippen LogP contribution in [0.5, 0.6) is 0 Å². The lowest BCUT2D eigenvalue weighted by Gasteiger charge is -2.00. The minimum absolute atomic E-state index is 0.0767. The average molecular weight is 291 g/mol. The fraction of sp³-hybridized carbons (Fsp3) is 0.200. The topological polar surface area (TPSA) is 0 Å². The normalized spacial score (nSPS) is 11.1. The lowest BCUT2D eigenvalue weighted by Crippen LogP contribution is -1.81. The van der Waals surface area contributed by atoms with Gasteiger partial charge in [0.05, 0.1) is 4.70 Å². The van der Waals surface area contributed by atoms with Crippen LogP contribution >= 0.6 is 39.0 Å². The molecule has 0 aliphatic heterocycles. The van der Waals surface area contributed by atoms with Crippen LogP contribution in [-0.2, 0) is 5.33 Å². The van der Waals surface area contributed by atoms with Gasteiger partial charge in [-0.3, -0.25) is 0 Å². The molecule has 0 amide bonds. The Morgan fingerprint density at radius 3 is 2.93 bits per heavy atom. The molecule has 0 bridgehead atoms. The molecule has 4 heteroatoms. The monoisotopic (exact) mass is 290 g/mol. The van der Waals surface area contributed by atoms with Gasteiger partial charge in [0.25, 0.3) is 0 Å². The van der Waals surface area contributed by atoms with Crippen molar-refractivity contribution in [3.63, 3.8) is 0 Å². The first-order valence-corrected chi connectivity index (χ1v) is 7.29. The number of halogens is 2. The minimum atomic E-state index is -0.0767. The lowest BCUT2D eigenvalue weighted by molar-refractivity contribution is 0.616. The number of fused-ring (bicyclic) bond motifs is 1. The number of thiophene rings is 1. The van der Waals surface area contributed by atoms with E-state index in [4.69, 9.17) is 0 Å². The van der Waals surface area contributed by atoms with E-state index in [2.05, 4.69) is 15.9 Å². The maximum absolute atomic E-state index is 13.8. The predicted octanol–water partition coefficient (Wildman–Crippen LogP) is 4.66. The molecule has 1 aromatic carbocycles. The Balaban J connectivity index is 2.72. The number of benzene rings is 1. The van der Waals surface area contributed by atoms with Crippen LogP contribution in [0, 0.1) is 5.82 Å². The number of rotatable bonds is 2. The maximum Gasteiger partial charge on any atom is 0.154 e. The van der Waals surface area contributed by atoms with Crippen molar-refractivity contribution in [2.45, 2.75) is 10.2 Å². The van der Waals surface area contributed by atoms with Crippen LogP contribution < -0.4 is 0 Å². The standard InChI is InChI=1S/C10H8BrFS2/c1-13-8-3-2-7-6(4-11)5-14-10(7)9(8)12/h2-3,5H,4H2,1H3. The average Bonchev–Trinajstić information content (AvgIpc) is 2.62. The molecule has 2 rings (SSSR count). The molecule has 2 aromatic rings. The number of thioether (sulfide) groups is 1. The van der Waals surface area contributed by atoms with Crippen LogP contribution in [0.1, 0.15) is 5.56 Å². The van der Waals surface area contributed by atoms with Crippen molar-refractivity contribution in [2.75, 3.05) is 6.26 Å². The third kappa shape index (κ3) is 1.59. The quantitative estimate of drug-likeness (QED) is 0.573. The summed E-state index contributed by atoms with van der Waals surface area (Å²) in [6.45, 7) is 0. The van der Waals surface area contributed by atoms with Gasteiger partial charge in [-0.05, 0) is 28.7 Å². The van der Waals surface area contributed by atoms with Gasteiger partial charge in [-0.15, -0.1) is 23.1 Å². The first-order valence-electron chi connectivity index (χ1n) is 4.06. The van der Waals surface area contributed by atoms with Crippen molar-refractivity contribution in [3.05, 3.63) is 28.9 Å². The lowest BCUT2D eigenvalue weighted by atomic mass is 10.2. The summed E-state index contributed by atoms with van der Waals surface area (Å²) in [5.41, 5.74) is 1.16. The van der Waals surface area contributed by atoms with E-state index in [0.29, 0.717) is 0 Å². The first kappa shape index (κ1) is 10.5. The zero-order valence-corrected chi connectivity index (χ0v) is 10.7. The zero-order valence-electron chi connectivity index (χ0n) is 7.51. The molecule has 0 saturated heterocycles. The van der Waals surface area contributed by atoms with Crippen molar-refractivity contribution in [1.82, 2.24) is 0 Å². The Morgan fingerprint density at radius 2 is 2.29 bits per heavy atom. The fourth-order valence-electron chi connectivity index (χ4n) is 1.36. The highest BCUT2D eigenvalue weighted by Gasteiger charge is 2.10. The molecule has 0 atom stereocenters. The van der Waals surface area contributed by atoms with Gasteiger partial charge in [-0.1, -0.05) is 22.0 Å².